The van der Waals surface area contributed by atoms with E-state index in [1.165, 1.54) is 18.4 Å². The molecule has 0 spiro atoms. The summed E-state index contributed by atoms with van der Waals surface area (Å²) in [5, 5.41) is 7.17. The van der Waals surface area contributed by atoms with Crippen molar-refractivity contribution in [2.24, 2.45) is 0 Å². The molecule has 1 saturated carbocycles. The highest BCUT2D eigenvalue weighted by atomic mass is 16.5. The van der Waals surface area contributed by atoms with E-state index in [9.17, 15) is 4.79 Å². The average molecular weight is 350 g/mol. The van der Waals surface area contributed by atoms with Crippen LogP contribution in [0.5, 0.6) is 0 Å². The lowest BCUT2D eigenvalue weighted by Gasteiger charge is -2.13. The van der Waals surface area contributed by atoms with Crippen molar-refractivity contribution in [3.05, 3.63) is 59.7 Å². The Morgan fingerprint density at radius 3 is 2.77 bits per heavy atom. The normalized spacial score (nSPS) is 14.7. The highest BCUT2D eigenvalue weighted by molar-refractivity contribution is 5.93. The first-order chi connectivity index (χ1) is 12.7. The van der Waals surface area contributed by atoms with Crippen molar-refractivity contribution in [3.8, 4) is 11.5 Å². The third-order valence-corrected chi connectivity index (χ3v) is 4.83. The third kappa shape index (κ3) is 3.54. The number of carbonyl (C=O) groups excluding carboxylic acids is 1. The lowest BCUT2D eigenvalue weighted by Crippen LogP contribution is -2.34. The molecule has 6 nitrogen and oxygen atoms in total. The number of amides is 1. The predicted octanol–water partition coefficient (Wildman–Crippen LogP) is 3.57. The van der Waals surface area contributed by atoms with Crippen molar-refractivity contribution in [1.29, 1.82) is 0 Å². The molecule has 0 bridgehead atoms. The molecule has 0 radical (unpaired) electrons. The van der Waals surface area contributed by atoms with Crippen LogP contribution < -0.4 is 5.32 Å². The van der Waals surface area contributed by atoms with E-state index < -0.39 is 0 Å². The van der Waals surface area contributed by atoms with E-state index in [2.05, 4.69) is 15.5 Å². The molecule has 26 heavy (non-hydrogen) atoms. The first kappa shape index (κ1) is 16.6. The number of benzene rings is 1. The molecule has 4 rings (SSSR count). The van der Waals surface area contributed by atoms with E-state index in [-0.39, 0.29) is 5.91 Å². The summed E-state index contributed by atoms with van der Waals surface area (Å²) in [4.78, 5) is 17.0. The van der Waals surface area contributed by atoms with E-state index >= 15 is 0 Å². The number of rotatable bonds is 5. The fourth-order valence-electron chi connectivity index (χ4n) is 3.37. The summed E-state index contributed by atoms with van der Waals surface area (Å²) >= 11 is 0. The summed E-state index contributed by atoms with van der Waals surface area (Å²) in [6, 6.07) is 11.9. The van der Waals surface area contributed by atoms with Crippen LogP contribution in [0.1, 0.15) is 47.6 Å². The Kier molecular flexibility index (Phi) is 4.56. The molecule has 1 fully saturated rings. The summed E-state index contributed by atoms with van der Waals surface area (Å²) in [5.41, 5.74) is 2.69. The van der Waals surface area contributed by atoms with Gasteiger partial charge in [0.25, 0.3) is 11.8 Å². The highest BCUT2D eigenvalue weighted by Crippen LogP contribution is 2.19. The molecule has 2 aromatic heterocycles. The van der Waals surface area contributed by atoms with Crippen molar-refractivity contribution >= 4 is 5.91 Å². The maximum atomic E-state index is 12.5. The molecular weight excluding hydrogens is 328 g/mol. The van der Waals surface area contributed by atoms with E-state index in [4.69, 9.17) is 4.52 Å². The lowest BCUT2D eigenvalue weighted by atomic mass is 10.1. The van der Waals surface area contributed by atoms with Crippen LogP contribution in [0.4, 0.5) is 0 Å². The van der Waals surface area contributed by atoms with E-state index in [0.717, 1.165) is 18.4 Å². The molecule has 3 aromatic rings. The van der Waals surface area contributed by atoms with E-state index in [0.29, 0.717) is 30.0 Å². The standard InChI is InChI=1S/C20H22N4O2/c1-14-8-10-15(11-9-14)20-22-18(23-26-20)13-24-12-4-7-17(24)19(25)21-16-5-2-3-6-16/h4,7-12,16H,2-3,5-6,13H2,1H3,(H,21,25). The second-order valence-electron chi connectivity index (χ2n) is 6.86. The lowest BCUT2D eigenvalue weighted by molar-refractivity contribution is 0.0929. The average Bonchev–Trinajstić information content (AvgIpc) is 3.38. The molecule has 1 amide bonds. The van der Waals surface area contributed by atoms with Crippen molar-refractivity contribution in [3.63, 3.8) is 0 Å². The zero-order valence-electron chi connectivity index (χ0n) is 14.8. The predicted molar refractivity (Wildman–Crippen MR) is 97.7 cm³/mol. The topological polar surface area (TPSA) is 73.0 Å². The SMILES string of the molecule is Cc1ccc(-c2nc(Cn3cccc3C(=O)NC3CCCC3)no2)cc1. The fraction of sp³-hybridized carbons (Fsp3) is 0.350. The Bertz CT molecular complexity index is 889. The molecule has 0 unspecified atom stereocenters. The Balaban J connectivity index is 1.47. The van der Waals surface area contributed by atoms with Gasteiger partial charge in [0.2, 0.25) is 0 Å². The van der Waals surface area contributed by atoms with Gasteiger partial charge >= 0.3 is 0 Å². The summed E-state index contributed by atoms with van der Waals surface area (Å²) < 4.78 is 7.23. The summed E-state index contributed by atoms with van der Waals surface area (Å²) in [5.74, 6) is 1.000. The van der Waals surface area contributed by atoms with Gasteiger partial charge in [-0.05, 0) is 44.0 Å². The van der Waals surface area contributed by atoms with Crippen LogP contribution in [0, 0.1) is 6.92 Å². The third-order valence-electron chi connectivity index (χ3n) is 4.83. The van der Waals surface area contributed by atoms with Gasteiger partial charge < -0.3 is 14.4 Å². The smallest absolute Gasteiger partial charge is 0.268 e. The highest BCUT2D eigenvalue weighted by Gasteiger charge is 2.20. The molecule has 0 atom stereocenters. The number of aromatic nitrogens is 3. The van der Waals surface area contributed by atoms with Gasteiger partial charge in [-0.3, -0.25) is 4.79 Å². The Labute approximate surface area is 152 Å². The van der Waals surface area contributed by atoms with Crippen LogP contribution in [0.3, 0.4) is 0 Å². The van der Waals surface area contributed by atoms with E-state index in [1.54, 1.807) is 0 Å². The first-order valence-electron chi connectivity index (χ1n) is 9.05. The number of hydrogen-bond donors (Lipinski definition) is 1. The molecule has 6 heteroatoms. The van der Waals surface area contributed by atoms with Gasteiger partial charge in [0.05, 0.1) is 6.54 Å². The quantitative estimate of drug-likeness (QED) is 0.763. The van der Waals surface area contributed by atoms with Crippen LogP contribution in [-0.2, 0) is 6.54 Å². The summed E-state index contributed by atoms with van der Waals surface area (Å²) in [6.45, 7) is 2.43. The minimum Gasteiger partial charge on any atom is -0.348 e. The molecule has 1 N–H and O–H groups in total. The van der Waals surface area contributed by atoms with E-state index in [1.807, 2.05) is 54.1 Å². The Morgan fingerprint density at radius 2 is 2.00 bits per heavy atom. The van der Waals surface area contributed by atoms with Crippen LogP contribution in [0.25, 0.3) is 11.5 Å². The van der Waals surface area contributed by atoms with Gasteiger partial charge in [-0.2, -0.15) is 4.98 Å². The largest absolute Gasteiger partial charge is 0.348 e. The first-order valence-corrected chi connectivity index (χ1v) is 9.05. The number of nitrogens with one attached hydrogen (secondary N) is 1. The van der Waals surface area contributed by atoms with Crippen molar-refractivity contribution in [2.45, 2.75) is 45.2 Å². The minimum absolute atomic E-state index is 0.0378. The molecule has 0 saturated heterocycles. The molecule has 1 aliphatic carbocycles. The van der Waals surface area contributed by atoms with Gasteiger partial charge in [-0.1, -0.05) is 35.7 Å². The van der Waals surface area contributed by atoms with Crippen LogP contribution in [0.2, 0.25) is 0 Å². The summed E-state index contributed by atoms with van der Waals surface area (Å²) in [7, 11) is 0. The molecule has 2 heterocycles. The Hall–Kier alpha value is -2.89. The molecule has 134 valence electrons. The van der Waals surface area contributed by atoms with Crippen LogP contribution >= 0.6 is 0 Å². The zero-order chi connectivity index (χ0) is 17.9. The van der Waals surface area contributed by atoms with Crippen molar-refractivity contribution in [1.82, 2.24) is 20.0 Å². The number of hydrogen-bond acceptors (Lipinski definition) is 4. The number of nitrogens with zero attached hydrogens (tertiary/aromatic N) is 3. The van der Waals surface area contributed by atoms with Crippen LogP contribution in [0.15, 0.2) is 47.1 Å². The molecule has 1 aromatic carbocycles. The monoisotopic (exact) mass is 350 g/mol. The number of carbonyl (C=O) groups is 1. The van der Waals surface area contributed by atoms with Crippen LogP contribution in [-0.4, -0.2) is 26.7 Å². The van der Waals surface area contributed by atoms with Gasteiger partial charge in [-0.25, -0.2) is 0 Å². The van der Waals surface area contributed by atoms with Gasteiger partial charge in [0, 0.05) is 17.8 Å². The van der Waals surface area contributed by atoms with Gasteiger partial charge in [-0.15, -0.1) is 0 Å². The maximum Gasteiger partial charge on any atom is 0.268 e. The number of aryl methyl sites for hydroxylation is 1. The second kappa shape index (κ2) is 7.15. The Morgan fingerprint density at radius 1 is 1.23 bits per heavy atom. The molecular formula is C20H22N4O2. The maximum absolute atomic E-state index is 12.5. The minimum atomic E-state index is -0.0378. The molecule has 1 aliphatic rings. The van der Waals surface area contributed by atoms with Gasteiger partial charge in [0.15, 0.2) is 5.82 Å². The van der Waals surface area contributed by atoms with Crippen molar-refractivity contribution < 1.29 is 9.32 Å². The fourth-order valence-corrected chi connectivity index (χ4v) is 3.37. The summed E-state index contributed by atoms with van der Waals surface area (Å²) in [6.07, 6.45) is 6.38. The molecule has 0 aliphatic heterocycles. The second-order valence-corrected chi connectivity index (χ2v) is 6.86. The van der Waals surface area contributed by atoms with Crippen molar-refractivity contribution in [2.75, 3.05) is 0 Å². The zero-order valence-corrected chi connectivity index (χ0v) is 14.8. The van der Waals surface area contributed by atoms with Gasteiger partial charge in [0.1, 0.15) is 5.69 Å².